The van der Waals surface area contributed by atoms with Gasteiger partial charge in [-0.25, -0.2) is 4.52 Å². The van der Waals surface area contributed by atoms with Crippen LogP contribution >= 0.6 is 0 Å². The molecule has 0 bridgehead atoms. The molecule has 2 N–H and O–H groups in total. The van der Waals surface area contributed by atoms with E-state index in [4.69, 9.17) is 0 Å². The molecule has 8 heteroatoms. The van der Waals surface area contributed by atoms with Crippen LogP contribution in [-0.4, -0.2) is 37.8 Å². The maximum atomic E-state index is 12.3. The van der Waals surface area contributed by atoms with Crippen LogP contribution in [0.15, 0.2) is 60.8 Å². The number of nitrogens with zero attached hydrogens (tertiary/aromatic N) is 4. The number of hydrogen-bond donors (Lipinski definition) is 2. The Morgan fingerprint density at radius 3 is 2.63 bits per heavy atom. The van der Waals surface area contributed by atoms with Gasteiger partial charge in [0.25, 0.3) is 5.91 Å². The fourth-order valence-corrected chi connectivity index (χ4v) is 3.26. The molecule has 3 aromatic heterocycles. The number of amides is 2. The van der Waals surface area contributed by atoms with Gasteiger partial charge in [-0.3, -0.25) is 14.3 Å². The molecular formula is C22H22N6O2. The smallest absolute Gasteiger partial charge is 0.272 e. The molecule has 0 atom stereocenters. The maximum Gasteiger partial charge on any atom is 0.272 e. The highest BCUT2D eigenvalue weighted by Gasteiger charge is 2.12. The second-order valence-electron chi connectivity index (χ2n) is 7.12. The van der Waals surface area contributed by atoms with Crippen LogP contribution in [0.2, 0.25) is 0 Å². The summed E-state index contributed by atoms with van der Waals surface area (Å²) in [7, 11) is 0. The summed E-state index contributed by atoms with van der Waals surface area (Å²) in [5, 5.41) is 14.1. The van der Waals surface area contributed by atoms with E-state index in [0.717, 1.165) is 22.5 Å². The van der Waals surface area contributed by atoms with Gasteiger partial charge in [0.05, 0.1) is 24.3 Å². The van der Waals surface area contributed by atoms with Crippen LogP contribution in [0.25, 0.3) is 5.52 Å². The molecule has 0 saturated carbocycles. The number of carbonyl (C=O) groups is 2. The summed E-state index contributed by atoms with van der Waals surface area (Å²) < 4.78 is 3.54. The number of anilines is 1. The number of aromatic nitrogens is 4. The SMILES string of the molecule is Cc1cc(C)n(Cc2cccc(NC(=O)CNC(=O)c3cc4ccccn4n3)c2)n1. The average molecular weight is 402 g/mol. The summed E-state index contributed by atoms with van der Waals surface area (Å²) in [6.07, 6.45) is 1.76. The molecule has 4 aromatic rings. The minimum atomic E-state index is -0.396. The summed E-state index contributed by atoms with van der Waals surface area (Å²) in [6, 6.07) is 16.8. The summed E-state index contributed by atoms with van der Waals surface area (Å²) in [5.74, 6) is -0.706. The molecular weight excluding hydrogens is 380 g/mol. The standard InChI is InChI=1S/C22H22N6O2/c1-15-10-16(2)28(25-15)14-17-6-5-7-18(11-17)24-21(29)13-23-22(30)20-12-19-8-3-4-9-27(19)26-20/h3-12H,13-14H2,1-2H3,(H,23,30)(H,24,29). The van der Waals surface area contributed by atoms with E-state index in [0.29, 0.717) is 12.2 Å². The van der Waals surface area contributed by atoms with Gasteiger partial charge in [0.1, 0.15) is 0 Å². The largest absolute Gasteiger partial charge is 0.342 e. The molecule has 8 nitrogen and oxygen atoms in total. The van der Waals surface area contributed by atoms with Gasteiger partial charge in [0.15, 0.2) is 5.69 Å². The quantitative estimate of drug-likeness (QED) is 0.518. The summed E-state index contributed by atoms with van der Waals surface area (Å²) >= 11 is 0. The van der Waals surface area contributed by atoms with Gasteiger partial charge in [-0.2, -0.15) is 10.2 Å². The second kappa shape index (κ2) is 8.20. The van der Waals surface area contributed by atoms with Gasteiger partial charge in [-0.15, -0.1) is 0 Å². The van der Waals surface area contributed by atoms with E-state index in [2.05, 4.69) is 20.8 Å². The lowest BCUT2D eigenvalue weighted by Crippen LogP contribution is -2.33. The zero-order valence-corrected chi connectivity index (χ0v) is 16.8. The van der Waals surface area contributed by atoms with Crippen LogP contribution in [0.5, 0.6) is 0 Å². The van der Waals surface area contributed by atoms with Gasteiger partial charge in [-0.05, 0) is 55.8 Å². The van der Waals surface area contributed by atoms with Gasteiger partial charge in [-0.1, -0.05) is 18.2 Å². The van der Waals surface area contributed by atoms with Crippen molar-refractivity contribution in [1.82, 2.24) is 24.7 Å². The third-order valence-corrected chi connectivity index (χ3v) is 4.66. The van der Waals surface area contributed by atoms with E-state index in [-0.39, 0.29) is 18.1 Å². The third-order valence-electron chi connectivity index (χ3n) is 4.66. The number of pyridine rings is 1. The highest BCUT2D eigenvalue weighted by molar-refractivity contribution is 5.98. The molecule has 3 heterocycles. The number of carbonyl (C=O) groups excluding carboxylic acids is 2. The summed E-state index contributed by atoms with van der Waals surface area (Å²) in [4.78, 5) is 24.6. The number of nitrogens with one attached hydrogen (secondary N) is 2. The molecule has 0 aliphatic carbocycles. The second-order valence-corrected chi connectivity index (χ2v) is 7.12. The summed E-state index contributed by atoms with van der Waals surface area (Å²) in [6.45, 7) is 4.44. The zero-order valence-electron chi connectivity index (χ0n) is 16.8. The van der Waals surface area contributed by atoms with Crippen LogP contribution in [0.1, 0.15) is 27.4 Å². The summed E-state index contributed by atoms with van der Waals surface area (Å²) in [5.41, 5.74) is 4.82. The molecule has 0 aliphatic rings. The molecule has 0 saturated heterocycles. The Hall–Kier alpha value is -3.94. The molecule has 4 rings (SSSR count). The molecule has 0 unspecified atom stereocenters. The normalized spacial score (nSPS) is 10.9. The van der Waals surface area contributed by atoms with Crippen molar-refractivity contribution in [2.45, 2.75) is 20.4 Å². The van der Waals surface area contributed by atoms with Crippen molar-refractivity contribution in [2.75, 3.05) is 11.9 Å². The minimum Gasteiger partial charge on any atom is -0.342 e. The molecule has 2 amide bonds. The Balaban J connectivity index is 1.34. The van der Waals surface area contributed by atoms with E-state index in [9.17, 15) is 9.59 Å². The van der Waals surface area contributed by atoms with E-state index >= 15 is 0 Å². The van der Waals surface area contributed by atoms with E-state index < -0.39 is 5.91 Å². The Labute approximate surface area is 173 Å². The van der Waals surface area contributed by atoms with Crippen LogP contribution in [0.3, 0.4) is 0 Å². The molecule has 0 spiro atoms. The third kappa shape index (κ3) is 4.38. The highest BCUT2D eigenvalue weighted by atomic mass is 16.2. The first-order valence-electron chi connectivity index (χ1n) is 9.60. The number of hydrogen-bond acceptors (Lipinski definition) is 4. The zero-order chi connectivity index (χ0) is 21.1. The van der Waals surface area contributed by atoms with Gasteiger partial charge >= 0.3 is 0 Å². The number of aryl methyl sites for hydroxylation is 2. The molecule has 0 aliphatic heterocycles. The van der Waals surface area contributed by atoms with Crippen molar-refractivity contribution in [3.63, 3.8) is 0 Å². The van der Waals surface area contributed by atoms with Crippen LogP contribution in [-0.2, 0) is 11.3 Å². The van der Waals surface area contributed by atoms with Crippen molar-refractivity contribution in [1.29, 1.82) is 0 Å². The number of benzene rings is 1. The Morgan fingerprint density at radius 2 is 1.87 bits per heavy atom. The monoisotopic (exact) mass is 402 g/mol. The highest BCUT2D eigenvalue weighted by Crippen LogP contribution is 2.13. The molecule has 0 fully saturated rings. The van der Waals surface area contributed by atoms with Crippen molar-refractivity contribution in [3.8, 4) is 0 Å². The van der Waals surface area contributed by atoms with Crippen molar-refractivity contribution in [2.24, 2.45) is 0 Å². The van der Waals surface area contributed by atoms with Crippen molar-refractivity contribution in [3.05, 3.63) is 83.4 Å². The minimum absolute atomic E-state index is 0.144. The lowest BCUT2D eigenvalue weighted by Gasteiger charge is -2.09. The fourth-order valence-electron chi connectivity index (χ4n) is 3.26. The number of rotatable bonds is 6. The first-order chi connectivity index (χ1) is 14.5. The van der Waals surface area contributed by atoms with Gasteiger partial charge in [0.2, 0.25) is 5.91 Å². The fraction of sp³-hybridized carbons (Fsp3) is 0.182. The lowest BCUT2D eigenvalue weighted by atomic mass is 10.2. The Kier molecular flexibility index (Phi) is 5.30. The molecule has 0 radical (unpaired) electrons. The molecule has 30 heavy (non-hydrogen) atoms. The Morgan fingerprint density at radius 1 is 1.00 bits per heavy atom. The average Bonchev–Trinajstić information content (AvgIpc) is 3.29. The van der Waals surface area contributed by atoms with Crippen molar-refractivity contribution >= 4 is 23.0 Å². The topological polar surface area (TPSA) is 93.3 Å². The lowest BCUT2D eigenvalue weighted by molar-refractivity contribution is -0.115. The predicted octanol–water partition coefficient (Wildman–Crippen LogP) is 2.56. The maximum absolute atomic E-state index is 12.3. The van der Waals surface area contributed by atoms with E-state index in [1.807, 2.05) is 67.1 Å². The molecule has 1 aromatic carbocycles. The first-order valence-corrected chi connectivity index (χ1v) is 9.60. The first kappa shape index (κ1) is 19.4. The van der Waals surface area contributed by atoms with Crippen LogP contribution in [0.4, 0.5) is 5.69 Å². The predicted molar refractivity (Wildman–Crippen MR) is 113 cm³/mol. The van der Waals surface area contributed by atoms with Crippen LogP contribution < -0.4 is 10.6 Å². The Bertz CT molecular complexity index is 1190. The van der Waals surface area contributed by atoms with E-state index in [1.54, 1.807) is 16.8 Å². The van der Waals surface area contributed by atoms with Gasteiger partial charge in [0, 0.05) is 17.6 Å². The van der Waals surface area contributed by atoms with Gasteiger partial charge < -0.3 is 10.6 Å². The number of fused-ring (bicyclic) bond motifs is 1. The van der Waals surface area contributed by atoms with Crippen molar-refractivity contribution < 1.29 is 9.59 Å². The molecule has 152 valence electrons. The van der Waals surface area contributed by atoms with E-state index in [1.165, 1.54) is 0 Å². The van der Waals surface area contributed by atoms with Crippen LogP contribution in [0, 0.1) is 13.8 Å².